The van der Waals surface area contributed by atoms with Crippen LogP contribution >= 0.6 is 0 Å². The number of nitrogens with zero attached hydrogens (tertiary/aromatic N) is 5. The Morgan fingerprint density at radius 3 is 2.68 bits per heavy atom. The second-order valence-corrected chi connectivity index (χ2v) is 8.37. The number of ether oxygens (including phenoxy) is 2. The molecule has 10 heteroatoms. The quantitative estimate of drug-likeness (QED) is 0.387. The molecule has 0 bridgehead atoms. The van der Waals surface area contributed by atoms with Crippen LogP contribution in [0.5, 0.6) is 6.01 Å². The Kier molecular flexibility index (Phi) is 8.26. The van der Waals surface area contributed by atoms with Crippen LogP contribution in [0.1, 0.15) is 30.9 Å². The van der Waals surface area contributed by atoms with E-state index in [9.17, 15) is 4.79 Å². The van der Waals surface area contributed by atoms with E-state index in [2.05, 4.69) is 32.1 Å². The van der Waals surface area contributed by atoms with Crippen LogP contribution in [0.25, 0.3) is 11.2 Å². The number of carboxylic acids is 1. The van der Waals surface area contributed by atoms with Crippen molar-refractivity contribution in [2.45, 2.75) is 32.7 Å². The van der Waals surface area contributed by atoms with Gasteiger partial charge in [0.2, 0.25) is 0 Å². The summed E-state index contributed by atoms with van der Waals surface area (Å²) in [5.41, 5.74) is 3.20. The minimum Gasteiger partial charge on any atom is -0.481 e. The van der Waals surface area contributed by atoms with E-state index in [1.165, 1.54) is 0 Å². The predicted molar refractivity (Wildman–Crippen MR) is 128 cm³/mol. The van der Waals surface area contributed by atoms with Crippen molar-refractivity contribution in [2.24, 2.45) is 0 Å². The van der Waals surface area contributed by atoms with Crippen LogP contribution in [0, 0.1) is 0 Å². The lowest BCUT2D eigenvalue weighted by atomic mass is 10.1. The topological polar surface area (TPSA) is 115 Å². The van der Waals surface area contributed by atoms with Gasteiger partial charge in [-0.15, -0.1) is 0 Å². The SMILES string of the molecule is CCCCOc1nc(NCCN2CCOCC2)c2ncn(Cc3ccc(CC(=O)O)cc3)c2n1. The van der Waals surface area contributed by atoms with Gasteiger partial charge in [0, 0.05) is 26.2 Å². The van der Waals surface area contributed by atoms with Crippen molar-refractivity contribution in [1.29, 1.82) is 0 Å². The average molecular weight is 469 g/mol. The molecule has 2 aromatic heterocycles. The van der Waals surface area contributed by atoms with Crippen LogP contribution in [0.2, 0.25) is 0 Å². The van der Waals surface area contributed by atoms with Gasteiger partial charge in [-0.3, -0.25) is 9.69 Å². The highest BCUT2D eigenvalue weighted by Gasteiger charge is 2.16. The van der Waals surface area contributed by atoms with E-state index in [0.717, 1.165) is 63.4 Å². The van der Waals surface area contributed by atoms with Crippen molar-refractivity contribution < 1.29 is 19.4 Å². The number of morpholine rings is 1. The van der Waals surface area contributed by atoms with Gasteiger partial charge in [-0.2, -0.15) is 9.97 Å². The molecule has 0 radical (unpaired) electrons. The summed E-state index contributed by atoms with van der Waals surface area (Å²) in [6.45, 7) is 8.28. The zero-order valence-corrected chi connectivity index (χ0v) is 19.6. The number of fused-ring (bicyclic) bond motifs is 1. The van der Waals surface area contributed by atoms with E-state index in [1.54, 1.807) is 6.33 Å². The summed E-state index contributed by atoms with van der Waals surface area (Å²) in [6.07, 6.45) is 3.73. The Hall–Kier alpha value is -3.24. The highest BCUT2D eigenvalue weighted by molar-refractivity contribution is 5.83. The normalized spacial score (nSPS) is 14.4. The number of anilines is 1. The van der Waals surface area contributed by atoms with E-state index in [4.69, 9.17) is 14.6 Å². The van der Waals surface area contributed by atoms with Gasteiger partial charge in [-0.05, 0) is 17.5 Å². The molecule has 0 amide bonds. The molecule has 0 saturated carbocycles. The number of hydrogen-bond acceptors (Lipinski definition) is 8. The first-order valence-electron chi connectivity index (χ1n) is 11.8. The number of aromatic nitrogens is 4. The number of unbranched alkanes of at least 4 members (excludes halogenated alkanes) is 1. The van der Waals surface area contributed by atoms with Gasteiger partial charge in [-0.25, -0.2) is 4.98 Å². The van der Waals surface area contributed by atoms with E-state index >= 15 is 0 Å². The van der Waals surface area contributed by atoms with Crippen LogP contribution < -0.4 is 10.1 Å². The highest BCUT2D eigenvalue weighted by Crippen LogP contribution is 2.23. The van der Waals surface area contributed by atoms with Crippen molar-refractivity contribution in [1.82, 2.24) is 24.4 Å². The van der Waals surface area contributed by atoms with Crippen LogP contribution in [0.3, 0.4) is 0 Å². The van der Waals surface area contributed by atoms with E-state index in [0.29, 0.717) is 36.1 Å². The van der Waals surface area contributed by atoms with Crippen molar-refractivity contribution in [3.8, 4) is 6.01 Å². The number of carbonyl (C=O) groups is 1. The lowest BCUT2D eigenvalue weighted by molar-refractivity contribution is -0.136. The van der Waals surface area contributed by atoms with Gasteiger partial charge in [0.1, 0.15) is 0 Å². The Bertz CT molecular complexity index is 1080. The molecule has 1 aliphatic rings. The summed E-state index contributed by atoms with van der Waals surface area (Å²) in [4.78, 5) is 27.1. The molecular weight excluding hydrogens is 436 g/mol. The van der Waals surface area contributed by atoms with Crippen molar-refractivity contribution in [3.05, 3.63) is 41.7 Å². The van der Waals surface area contributed by atoms with E-state index < -0.39 is 5.97 Å². The number of aliphatic carboxylic acids is 1. The zero-order valence-electron chi connectivity index (χ0n) is 19.6. The maximum Gasteiger partial charge on any atom is 0.320 e. The lowest BCUT2D eigenvalue weighted by Gasteiger charge is -2.26. The van der Waals surface area contributed by atoms with Gasteiger partial charge >= 0.3 is 12.0 Å². The highest BCUT2D eigenvalue weighted by atomic mass is 16.5. The number of benzene rings is 1. The summed E-state index contributed by atoms with van der Waals surface area (Å²) < 4.78 is 13.2. The number of nitrogens with one attached hydrogen (secondary N) is 1. The molecule has 182 valence electrons. The summed E-state index contributed by atoms with van der Waals surface area (Å²) in [7, 11) is 0. The fourth-order valence-corrected chi connectivity index (χ4v) is 3.83. The predicted octanol–water partition coefficient (Wildman–Crippen LogP) is 2.42. The Morgan fingerprint density at radius 2 is 1.94 bits per heavy atom. The summed E-state index contributed by atoms with van der Waals surface area (Å²) in [6, 6.07) is 7.90. The molecule has 3 aromatic rings. The number of carboxylic acid groups (broad SMARTS) is 1. The molecule has 1 aliphatic heterocycles. The number of hydrogen-bond donors (Lipinski definition) is 2. The second kappa shape index (κ2) is 11.8. The second-order valence-electron chi connectivity index (χ2n) is 8.37. The minimum atomic E-state index is -0.839. The molecule has 0 unspecified atom stereocenters. The molecule has 0 spiro atoms. The number of rotatable bonds is 12. The first kappa shape index (κ1) is 23.9. The third-order valence-corrected chi connectivity index (χ3v) is 5.73. The van der Waals surface area contributed by atoms with Gasteiger partial charge in [-0.1, -0.05) is 37.6 Å². The van der Waals surface area contributed by atoms with Crippen molar-refractivity contribution in [3.63, 3.8) is 0 Å². The first-order chi connectivity index (χ1) is 16.6. The molecule has 1 fully saturated rings. The monoisotopic (exact) mass is 468 g/mol. The fraction of sp³-hybridized carbons (Fsp3) is 0.500. The van der Waals surface area contributed by atoms with Gasteiger partial charge in [0.15, 0.2) is 17.0 Å². The maximum atomic E-state index is 10.9. The van der Waals surface area contributed by atoms with E-state index in [1.807, 2.05) is 28.8 Å². The fourth-order valence-electron chi connectivity index (χ4n) is 3.83. The van der Waals surface area contributed by atoms with Crippen molar-refractivity contribution in [2.75, 3.05) is 51.3 Å². The first-order valence-corrected chi connectivity index (χ1v) is 11.8. The van der Waals surface area contributed by atoms with Gasteiger partial charge in [0.25, 0.3) is 0 Å². The van der Waals surface area contributed by atoms with Crippen LogP contribution in [-0.4, -0.2) is 81.5 Å². The van der Waals surface area contributed by atoms with Crippen molar-refractivity contribution >= 4 is 23.0 Å². The average Bonchev–Trinajstić information content (AvgIpc) is 3.23. The summed E-state index contributed by atoms with van der Waals surface area (Å²) in [5, 5.41) is 12.4. The zero-order chi connectivity index (χ0) is 23.8. The smallest absolute Gasteiger partial charge is 0.320 e. The minimum absolute atomic E-state index is 0.0133. The molecule has 10 nitrogen and oxygen atoms in total. The number of imidazole rings is 1. The molecule has 4 rings (SSSR count). The Labute approximate surface area is 198 Å². The largest absolute Gasteiger partial charge is 0.481 e. The Balaban J connectivity index is 1.52. The standard InChI is InChI=1S/C24H32N6O4/c1-2-3-12-34-24-27-22(25-8-9-29-10-13-33-14-11-29)21-23(28-24)30(17-26-21)16-19-6-4-18(5-7-19)15-20(31)32/h4-7,17H,2-3,8-16H2,1H3,(H,31,32)(H,25,27,28). The molecule has 0 atom stereocenters. The van der Waals surface area contributed by atoms with E-state index in [-0.39, 0.29) is 6.42 Å². The molecule has 3 heterocycles. The lowest BCUT2D eigenvalue weighted by Crippen LogP contribution is -2.39. The van der Waals surface area contributed by atoms with Gasteiger partial charge in [0.05, 0.1) is 39.1 Å². The molecule has 1 saturated heterocycles. The van der Waals surface area contributed by atoms with Crippen LogP contribution in [-0.2, 0) is 22.5 Å². The Morgan fingerprint density at radius 1 is 1.18 bits per heavy atom. The third-order valence-electron chi connectivity index (χ3n) is 5.73. The molecule has 34 heavy (non-hydrogen) atoms. The molecule has 2 N–H and O–H groups in total. The summed E-state index contributed by atoms with van der Waals surface area (Å²) in [5.74, 6) is -0.172. The van der Waals surface area contributed by atoms with Gasteiger partial charge < -0.3 is 24.5 Å². The third kappa shape index (κ3) is 6.42. The van der Waals surface area contributed by atoms with Crippen LogP contribution in [0.15, 0.2) is 30.6 Å². The van der Waals surface area contributed by atoms with Crippen LogP contribution in [0.4, 0.5) is 5.82 Å². The molecule has 0 aliphatic carbocycles. The molecule has 1 aromatic carbocycles. The summed E-state index contributed by atoms with van der Waals surface area (Å²) >= 11 is 0. The molecular formula is C24H32N6O4. The maximum absolute atomic E-state index is 10.9.